The number of benzene rings is 1. The number of hydrogen-bond donors (Lipinski definition) is 0. The Labute approximate surface area is 150 Å². The van der Waals surface area contributed by atoms with Crippen LogP contribution in [0.4, 0.5) is 0 Å². The molecule has 0 N–H and O–H groups in total. The molecule has 1 aliphatic rings. The number of amides is 1. The predicted molar refractivity (Wildman–Crippen MR) is 99.7 cm³/mol. The van der Waals surface area contributed by atoms with Crippen molar-refractivity contribution in [3.63, 3.8) is 0 Å². The molecule has 1 saturated heterocycles. The van der Waals surface area contributed by atoms with Gasteiger partial charge in [-0.15, -0.1) is 0 Å². The molecule has 1 aromatic carbocycles. The minimum atomic E-state index is 0.135. The van der Waals surface area contributed by atoms with Crippen LogP contribution in [0.2, 0.25) is 0 Å². The molecular formula is C20H28N4O. The van der Waals surface area contributed by atoms with Crippen LogP contribution in [-0.4, -0.2) is 59.0 Å². The Hall–Kier alpha value is -2.14. The summed E-state index contributed by atoms with van der Waals surface area (Å²) in [4.78, 5) is 21.5. The van der Waals surface area contributed by atoms with Crippen LogP contribution in [0, 0.1) is 0 Å². The second kappa shape index (κ2) is 8.30. The number of aromatic nitrogens is 2. The van der Waals surface area contributed by atoms with Crippen molar-refractivity contribution in [1.29, 1.82) is 0 Å². The van der Waals surface area contributed by atoms with Crippen LogP contribution in [0.15, 0.2) is 42.7 Å². The lowest BCUT2D eigenvalue weighted by Crippen LogP contribution is -2.39. The highest BCUT2D eigenvalue weighted by Crippen LogP contribution is 2.27. The summed E-state index contributed by atoms with van der Waals surface area (Å²) < 4.78 is 2.27. The average Bonchev–Trinajstić information content (AvgIpc) is 3.10. The van der Waals surface area contributed by atoms with Crippen LogP contribution >= 0.6 is 0 Å². The molecule has 0 spiro atoms. The van der Waals surface area contributed by atoms with E-state index in [1.165, 1.54) is 0 Å². The van der Waals surface area contributed by atoms with Gasteiger partial charge in [-0.2, -0.15) is 0 Å². The first-order valence-electron chi connectivity index (χ1n) is 9.15. The topological polar surface area (TPSA) is 41.4 Å². The first-order valence-corrected chi connectivity index (χ1v) is 9.15. The quantitative estimate of drug-likeness (QED) is 0.812. The van der Waals surface area contributed by atoms with E-state index in [0.29, 0.717) is 5.92 Å². The molecule has 1 fully saturated rings. The number of aryl methyl sites for hydroxylation is 1. The number of rotatable bonds is 6. The van der Waals surface area contributed by atoms with Crippen LogP contribution in [0.3, 0.4) is 0 Å². The zero-order chi connectivity index (χ0) is 17.6. The van der Waals surface area contributed by atoms with Crippen molar-refractivity contribution in [3.8, 4) is 0 Å². The molecule has 25 heavy (non-hydrogen) atoms. The van der Waals surface area contributed by atoms with Gasteiger partial charge in [0.25, 0.3) is 5.91 Å². The number of nitrogens with zero attached hydrogens (tertiary/aromatic N) is 4. The zero-order valence-electron chi connectivity index (χ0n) is 15.3. The van der Waals surface area contributed by atoms with E-state index in [4.69, 9.17) is 0 Å². The third-order valence-electron chi connectivity index (χ3n) is 4.85. The predicted octanol–water partition coefficient (Wildman–Crippen LogP) is 2.85. The minimum Gasteiger partial charge on any atom is -0.338 e. The third kappa shape index (κ3) is 4.48. The van der Waals surface area contributed by atoms with Gasteiger partial charge in [0.15, 0.2) is 0 Å². The standard InChI is InChI=1S/C20H28N4O/c1-22(2)12-7-14-23-15-11-21-19(23)18-10-6-13-24(16-18)20(25)17-8-4-3-5-9-17/h3-5,8-9,11,15,18H,6-7,10,12-14,16H2,1-2H3. The Morgan fingerprint density at radius 2 is 2.08 bits per heavy atom. The molecule has 3 rings (SSSR count). The Morgan fingerprint density at radius 1 is 1.28 bits per heavy atom. The van der Waals surface area contributed by atoms with E-state index >= 15 is 0 Å². The molecule has 1 amide bonds. The molecule has 1 unspecified atom stereocenters. The molecule has 0 aliphatic carbocycles. The largest absolute Gasteiger partial charge is 0.338 e. The summed E-state index contributed by atoms with van der Waals surface area (Å²) in [5.41, 5.74) is 0.775. The SMILES string of the molecule is CN(C)CCCn1ccnc1C1CCCN(C(=O)c2ccccc2)C1. The number of piperidine rings is 1. The Bertz CT molecular complexity index is 680. The lowest BCUT2D eigenvalue weighted by molar-refractivity contribution is 0.0703. The highest BCUT2D eigenvalue weighted by atomic mass is 16.2. The number of carbonyl (C=O) groups is 1. The second-order valence-corrected chi connectivity index (χ2v) is 7.09. The van der Waals surface area contributed by atoms with Gasteiger partial charge in [0.2, 0.25) is 0 Å². The maximum Gasteiger partial charge on any atom is 0.253 e. The van der Waals surface area contributed by atoms with E-state index in [1.807, 2.05) is 41.4 Å². The molecule has 1 aliphatic heterocycles. The summed E-state index contributed by atoms with van der Waals surface area (Å²) >= 11 is 0. The molecule has 5 nitrogen and oxygen atoms in total. The molecule has 0 radical (unpaired) electrons. The fourth-order valence-electron chi connectivity index (χ4n) is 3.56. The molecular weight excluding hydrogens is 312 g/mol. The van der Waals surface area contributed by atoms with Gasteiger partial charge < -0.3 is 14.4 Å². The van der Waals surface area contributed by atoms with Crippen LogP contribution in [0.25, 0.3) is 0 Å². The van der Waals surface area contributed by atoms with E-state index in [0.717, 1.165) is 56.8 Å². The summed E-state index contributed by atoms with van der Waals surface area (Å²) in [5.74, 6) is 1.59. The van der Waals surface area contributed by atoms with Crippen molar-refractivity contribution in [2.45, 2.75) is 31.7 Å². The number of carbonyl (C=O) groups excluding carboxylic acids is 1. The van der Waals surface area contributed by atoms with Gasteiger partial charge >= 0.3 is 0 Å². The molecule has 134 valence electrons. The third-order valence-corrected chi connectivity index (χ3v) is 4.85. The van der Waals surface area contributed by atoms with Crippen molar-refractivity contribution in [2.75, 3.05) is 33.7 Å². The lowest BCUT2D eigenvalue weighted by atomic mass is 9.96. The van der Waals surface area contributed by atoms with Crippen molar-refractivity contribution >= 4 is 5.91 Å². The second-order valence-electron chi connectivity index (χ2n) is 7.09. The molecule has 1 aromatic heterocycles. The lowest BCUT2D eigenvalue weighted by Gasteiger charge is -2.33. The van der Waals surface area contributed by atoms with E-state index in [1.54, 1.807) is 0 Å². The van der Waals surface area contributed by atoms with Crippen molar-refractivity contribution in [3.05, 3.63) is 54.1 Å². The van der Waals surface area contributed by atoms with Crippen molar-refractivity contribution in [2.24, 2.45) is 0 Å². The summed E-state index contributed by atoms with van der Waals surface area (Å²) in [6.45, 7) is 3.65. The van der Waals surface area contributed by atoms with E-state index in [9.17, 15) is 4.79 Å². The number of imidazole rings is 1. The monoisotopic (exact) mass is 340 g/mol. The van der Waals surface area contributed by atoms with Crippen LogP contribution < -0.4 is 0 Å². The fraction of sp³-hybridized carbons (Fsp3) is 0.500. The Balaban J connectivity index is 1.66. The molecule has 0 bridgehead atoms. The maximum absolute atomic E-state index is 12.7. The zero-order valence-corrected chi connectivity index (χ0v) is 15.3. The minimum absolute atomic E-state index is 0.135. The summed E-state index contributed by atoms with van der Waals surface area (Å²) in [5, 5.41) is 0. The van der Waals surface area contributed by atoms with Crippen LogP contribution in [0.1, 0.15) is 41.4 Å². The van der Waals surface area contributed by atoms with Gasteiger partial charge in [-0.1, -0.05) is 18.2 Å². The van der Waals surface area contributed by atoms with E-state index in [2.05, 4.69) is 34.7 Å². The molecule has 5 heteroatoms. The Morgan fingerprint density at radius 3 is 2.84 bits per heavy atom. The number of hydrogen-bond acceptors (Lipinski definition) is 3. The first-order chi connectivity index (χ1) is 12.1. The van der Waals surface area contributed by atoms with Gasteiger partial charge in [0.05, 0.1) is 0 Å². The molecule has 1 atom stereocenters. The van der Waals surface area contributed by atoms with Gasteiger partial charge in [0.1, 0.15) is 5.82 Å². The molecule has 0 saturated carbocycles. The van der Waals surface area contributed by atoms with E-state index in [-0.39, 0.29) is 5.91 Å². The fourth-order valence-corrected chi connectivity index (χ4v) is 3.56. The summed E-state index contributed by atoms with van der Waals surface area (Å²) in [6.07, 6.45) is 7.21. The highest BCUT2D eigenvalue weighted by Gasteiger charge is 2.27. The van der Waals surface area contributed by atoms with Crippen molar-refractivity contribution < 1.29 is 4.79 Å². The summed E-state index contributed by atoms with van der Waals surface area (Å²) in [6, 6.07) is 9.58. The molecule has 2 heterocycles. The number of likely N-dealkylation sites (tertiary alicyclic amines) is 1. The van der Waals surface area contributed by atoms with Crippen molar-refractivity contribution in [1.82, 2.24) is 19.4 Å². The smallest absolute Gasteiger partial charge is 0.253 e. The van der Waals surface area contributed by atoms with E-state index < -0.39 is 0 Å². The van der Waals surface area contributed by atoms with Gasteiger partial charge in [-0.25, -0.2) is 4.98 Å². The average molecular weight is 340 g/mol. The van der Waals surface area contributed by atoms with Crippen LogP contribution in [0.5, 0.6) is 0 Å². The molecule has 2 aromatic rings. The first kappa shape index (κ1) is 17.7. The normalized spacial score (nSPS) is 17.9. The van der Waals surface area contributed by atoms with Gasteiger partial charge in [-0.05, 0) is 52.0 Å². The maximum atomic E-state index is 12.7. The van der Waals surface area contributed by atoms with Gasteiger partial charge in [0, 0.05) is 43.5 Å². The summed E-state index contributed by atoms with van der Waals surface area (Å²) in [7, 11) is 4.20. The van der Waals surface area contributed by atoms with Gasteiger partial charge in [-0.3, -0.25) is 4.79 Å². The van der Waals surface area contributed by atoms with Crippen LogP contribution in [-0.2, 0) is 6.54 Å². The highest BCUT2D eigenvalue weighted by molar-refractivity contribution is 5.94. The Kier molecular flexibility index (Phi) is 5.87.